The molecular formula is C13H12F3N3O2. The molecular weight excluding hydrogens is 287 g/mol. The van der Waals surface area contributed by atoms with Crippen molar-refractivity contribution in [2.75, 3.05) is 5.32 Å². The largest absolute Gasteiger partial charge is 0.418 e. The summed E-state index contributed by atoms with van der Waals surface area (Å²) in [6, 6.07) is 4.01. The van der Waals surface area contributed by atoms with Crippen molar-refractivity contribution in [2.45, 2.75) is 19.6 Å². The zero-order valence-electron chi connectivity index (χ0n) is 11.0. The van der Waals surface area contributed by atoms with Crippen LogP contribution in [0.15, 0.2) is 35.0 Å². The van der Waals surface area contributed by atoms with Crippen LogP contribution in [-0.2, 0) is 12.7 Å². The van der Waals surface area contributed by atoms with Crippen molar-refractivity contribution in [2.24, 2.45) is 0 Å². The number of carbonyl (C=O) groups is 1. The van der Waals surface area contributed by atoms with E-state index in [4.69, 9.17) is 4.52 Å². The van der Waals surface area contributed by atoms with Crippen molar-refractivity contribution in [3.63, 3.8) is 0 Å². The molecule has 0 fully saturated rings. The number of anilines is 1. The smallest absolute Gasteiger partial charge is 0.361 e. The number of rotatable bonds is 3. The Bertz CT molecular complexity index is 638. The normalized spacial score (nSPS) is 11.2. The average molecular weight is 299 g/mol. The Morgan fingerprint density at radius 3 is 2.67 bits per heavy atom. The van der Waals surface area contributed by atoms with Gasteiger partial charge in [0.25, 0.3) is 0 Å². The number of amides is 2. The molecule has 0 aliphatic carbocycles. The van der Waals surface area contributed by atoms with Gasteiger partial charge >= 0.3 is 12.2 Å². The maximum atomic E-state index is 12.8. The molecule has 21 heavy (non-hydrogen) atoms. The number of nitrogens with one attached hydrogen (secondary N) is 2. The number of aromatic nitrogens is 1. The molecule has 2 N–H and O–H groups in total. The van der Waals surface area contributed by atoms with E-state index in [1.54, 1.807) is 6.92 Å². The number of halogens is 3. The van der Waals surface area contributed by atoms with Crippen LogP contribution in [-0.4, -0.2) is 11.2 Å². The maximum Gasteiger partial charge on any atom is 0.418 e. The number of hydrogen-bond acceptors (Lipinski definition) is 3. The minimum absolute atomic E-state index is 0.106. The molecule has 1 aromatic heterocycles. The summed E-state index contributed by atoms with van der Waals surface area (Å²) >= 11 is 0. The summed E-state index contributed by atoms with van der Waals surface area (Å²) in [7, 11) is 0. The highest BCUT2D eigenvalue weighted by Crippen LogP contribution is 2.34. The second kappa shape index (κ2) is 5.86. The highest BCUT2D eigenvalue weighted by molar-refractivity contribution is 5.90. The van der Waals surface area contributed by atoms with Crippen LogP contribution in [0.2, 0.25) is 0 Å². The molecule has 0 saturated heterocycles. The monoisotopic (exact) mass is 299 g/mol. The SMILES string of the molecule is Cc1oncc1CNC(=O)Nc1ccccc1C(F)(F)F. The second-order valence-corrected chi connectivity index (χ2v) is 4.26. The van der Waals surface area contributed by atoms with E-state index in [9.17, 15) is 18.0 Å². The van der Waals surface area contributed by atoms with Crippen molar-refractivity contribution in [3.05, 3.63) is 47.3 Å². The first kappa shape index (κ1) is 14.9. The third-order valence-corrected chi connectivity index (χ3v) is 2.77. The minimum Gasteiger partial charge on any atom is -0.361 e. The first-order valence-corrected chi connectivity index (χ1v) is 5.99. The molecule has 112 valence electrons. The van der Waals surface area contributed by atoms with Crippen LogP contribution in [0.5, 0.6) is 0 Å². The summed E-state index contributed by atoms with van der Waals surface area (Å²) in [5, 5.41) is 8.15. The van der Waals surface area contributed by atoms with Crippen molar-refractivity contribution in [1.29, 1.82) is 0 Å². The molecule has 2 rings (SSSR count). The van der Waals surface area contributed by atoms with E-state index in [0.29, 0.717) is 11.3 Å². The predicted octanol–water partition coefficient (Wildman–Crippen LogP) is 3.32. The van der Waals surface area contributed by atoms with Gasteiger partial charge in [0.15, 0.2) is 0 Å². The molecule has 1 heterocycles. The van der Waals surface area contributed by atoms with Gasteiger partial charge in [0, 0.05) is 12.1 Å². The number of aryl methyl sites for hydroxylation is 1. The van der Waals surface area contributed by atoms with E-state index in [-0.39, 0.29) is 12.2 Å². The number of nitrogens with zero attached hydrogens (tertiary/aromatic N) is 1. The van der Waals surface area contributed by atoms with E-state index in [0.717, 1.165) is 6.07 Å². The lowest BCUT2D eigenvalue weighted by Crippen LogP contribution is -2.29. The zero-order valence-corrected chi connectivity index (χ0v) is 11.0. The predicted molar refractivity (Wildman–Crippen MR) is 68.5 cm³/mol. The third kappa shape index (κ3) is 3.74. The first-order valence-electron chi connectivity index (χ1n) is 5.99. The van der Waals surface area contributed by atoms with Crippen LogP contribution in [0.4, 0.5) is 23.7 Å². The first-order chi connectivity index (χ1) is 9.88. The molecule has 0 radical (unpaired) electrons. The Kier molecular flexibility index (Phi) is 4.15. The highest BCUT2D eigenvalue weighted by atomic mass is 19.4. The van der Waals surface area contributed by atoms with Gasteiger partial charge in [-0.25, -0.2) is 4.79 Å². The molecule has 8 heteroatoms. The number of carbonyl (C=O) groups excluding carboxylic acids is 1. The standard InChI is InChI=1S/C13H12F3N3O2/c1-8-9(7-18-21-8)6-17-12(20)19-11-5-3-2-4-10(11)13(14,15)16/h2-5,7H,6H2,1H3,(H2,17,19,20). The summed E-state index contributed by atoms with van der Waals surface area (Å²) in [5.74, 6) is 0.533. The maximum absolute atomic E-state index is 12.8. The summed E-state index contributed by atoms with van der Waals surface area (Å²) < 4.78 is 43.1. The zero-order chi connectivity index (χ0) is 15.5. The van der Waals surface area contributed by atoms with Crippen molar-refractivity contribution >= 4 is 11.7 Å². The van der Waals surface area contributed by atoms with Crippen LogP contribution < -0.4 is 10.6 Å². The van der Waals surface area contributed by atoms with Crippen LogP contribution in [0, 0.1) is 6.92 Å². The number of hydrogen-bond donors (Lipinski definition) is 2. The van der Waals surface area contributed by atoms with Gasteiger partial charge in [-0.15, -0.1) is 0 Å². The average Bonchev–Trinajstić information content (AvgIpc) is 2.81. The topological polar surface area (TPSA) is 67.2 Å². The summed E-state index contributed by atoms with van der Waals surface area (Å²) in [6.45, 7) is 1.77. The lowest BCUT2D eigenvalue weighted by molar-refractivity contribution is -0.136. The fraction of sp³-hybridized carbons (Fsp3) is 0.231. The van der Waals surface area contributed by atoms with Gasteiger partial charge < -0.3 is 15.2 Å². The van der Waals surface area contributed by atoms with Gasteiger partial charge in [0.1, 0.15) is 5.76 Å². The van der Waals surface area contributed by atoms with Crippen LogP contribution >= 0.6 is 0 Å². The Labute approximate surface area is 118 Å². The second-order valence-electron chi connectivity index (χ2n) is 4.26. The molecule has 5 nitrogen and oxygen atoms in total. The fourth-order valence-corrected chi connectivity index (χ4v) is 1.67. The molecule has 0 unspecified atom stereocenters. The number of alkyl halides is 3. The van der Waals surface area contributed by atoms with E-state index < -0.39 is 17.8 Å². The van der Waals surface area contributed by atoms with Gasteiger partial charge in [-0.05, 0) is 19.1 Å². The number of benzene rings is 1. The number of para-hydroxylation sites is 1. The summed E-state index contributed by atoms with van der Waals surface area (Å²) in [6.07, 6.45) is -3.10. The minimum atomic E-state index is -4.53. The molecule has 0 bridgehead atoms. The van der Waals surface area contributed by atoms with Gasteiger partial charge in [0.2, 0.25) is 0 Å². The molecule has 0 saturated carbocycles. The Morgan fingerprint density at radius 1 is 1.33 bits per heavy atom. The lowest BCUT2D eigenvalue weighted by atomic mass is 10.1. The van der Waals surface area contributed by atoms with Gasteiger partial charge in [-0.3, -0.25) is 0 Å². The van der Waals surface area contributed by atoms with E-state index in [2.05, 4.69) is 15.8 Å². The van der Waals surface area contributed by atoms with Crippen molar-refractivity contribution in [1.82, 2.24) is 10.5 Å². The number of urea groups is 1. The molecule has 2 aromatic rings. The van der Waals surface area contributed by atoms with Crippen molar-refractivity contribution in [3.8, 4) is 0 Å². The molecule has 2 amide bonds. The van der Waals surface area contributed by atoms with Gasteiger partial charge in [0.05, 0.1) is 17.4 Å². The van der Waals surface area contributed by atoms with Crippen LogP contribution in [0.3, 0.4) is 0 Å². The third-order valence-electron chi connectivity index (χ3n) is 2.77. The van der Waals surface area contributed by atoms with E-state index >= 15 is 0 Å². The van der Waals surface area contributed by atoms with E-state index in [1.165, 1.54) is 24.4 Å². The highest BCUT2D eigenvalue weighted by Gasteiger charge is 2.33. The molecule has 0 aliphatic heterocycles. The Balaban J connectivity index is 2.02. The molecule has 0 aliphatic rings. The van der Waals surface area contributed by atoms with Crippen LogP contribution in [0.25, 0.3) is 0 Å². The lowest BCUT2D eigenvalue weighted by Gasteiger charge is -2.13. The van der Waals surface area contributed by atoms with Gasteiger partial charge in [-0.1, -0.05) is 17.3 Å². The quantitative estimate of drug-likeness (QED) is 0.913. The summed E-state index contributed by atoms with van der Waals surface area (Å²) in [5.41, 5.74) is -0.555. The Morgan fingerprint density at radius 2 is 2.05 bits per heavy atom. The van der Waals surface area contributed by atoms with E-state index in [1.807, 2.05) is 0 Å². The van der Waals surface area contributed by atoms with Crippen molar-refractivity contribution < 1.29 is 22.5 Å². The summed E-state index contributed by atoms with van der Waals surface area (Å²) in [4.78, 5) is 11.7. The molecule has 1 aromatic carbocycles. The van der Waals surface area contributed by atoms with Crippen LogP contribution in [0.1, 0.15) is 16.9 Å². The Hall–Kier alpha value is -2.51. The molecule has 0 atom stereocenters. The molecule has 0 spiro atoms. The fourth-order valence-electron chi connectivity index (χ4n) is 1.67. The van der Waals surface area contributed by atoms with Gasteiger partial charge in [-0.2, -0.15) is 13.2 Å².